The van der Waals surface area contributed by atoms with Gasteiger partial charge in [-0.2, -0.15) is 5.10 Å². The second-order valence-corrected chi connectivity index (χ2v) is 9.33. The highest BCUT2D eigenvalue weighted by Gasteiger charge is 2.23. The van der Waals surface area contributed by atoms with Gasteiger partial charge in [-0.1, -0.05) is 0 Å². The third-order valence-electron chi connectivity index (χ3n) is 5.98. The SMILES string of the molecule is CN1CCC(Oc2cc(-c3cnn(C)c3)cc3ncnc(Nc4ccc5ncsc5c4)c23)C1. The fraction of sp³-hybridized carbons (Fsp3) is 0.250. The summed E-state index contributed by atoms with van der Waals surface area (Å²) >= 11 is 1.62. The van der Waals surface area contributed by atoms with E-state index in [1.807, 2.05) is 37.1 Å². The van der Waals surface area contributed by atoms with Crippen LogP contribution in [0.25, 0.3) is 32.2 Å². The van der Waals surface area contributed by atoms with Crippen LogP contribution in [-0.2, 0) is 7.05 Å². The van der Waals surface area contributed by atoms with Crippen LogP contribution < -0.4 is 10.1 Å². The molecular formula is C24H23N7OS. The number of benzene rings is 2. The smallest absolute Gasteiger partial charge is 0.145 e. The summed E-state index contributed by atoms with van der Waals surface area (Å²) in [4.78, 5) is 15.8. The minimum Gasteiger partial charge on any atom is -0.488 e. The lowest BCUT2D eigenvalue weighted by Crippen LogP contribution is -2.21. The summed E-state index contributed by atoms with van der Waals surface area (Å²) in [6.45, 7) is 1.93. The Kier molecular flexibility index (Phi) is 4.92. The molecule has 8 nitrogen and oxygen atoms in total. The number of aryl methyl sites for hydroxylation is 1. The molecule has 1 atom stereocenters. The number of nitrogens with zero attached hydrogens (tertiary/aromatic N) is 6. The summed E-state index contributed by atoms with van der Waals surface area (Å²) < 4.78 is 9.49. The van der Waals surface area contributed by atoms with Crippen molar-refractivity contribution in [2.45, 2.75) is 12.5 Å². The van der Waals surface area contributed by atoms with Crippen molar-refractivity contribution in [1.82, 2.24) is 29.6 Å². The number of aromatic nitrogens is 5. The van der Waals surface area contributed by atoms with E-state index in [2.05, 4.69) is 55.5 Å². The highest BCUT2D eigenvalue weighted by Crippen LogP contribution is 2.37. The molecular weight excluding hydrogens is 434 g/mol. The predicted octanol–water partition coefficient (Wildman–Crippen LogP) is 4.47. The molecule has 3 aromatic heterocycles. The Hall–Kier alpha value is -3.56. The van der Waals surface area contributed by atoms with E-state index in [-0.39, 0.29) is 6.10 Å². The predicted molar refractivity (Wildman–Crippen MR) is 131 cm³/mol. The zero-order valence-corrected chi connectivity index (χ0v) is 19.2. The van der Waals surface area contributed by atoms with Crippen molar-refractivity contribution in [2.75, 3.05) is 25.5 Å². The van der Waals surface area contributed by atoms with E-state index < -0.39 is 0 Å². The van der Waals surface area contributed by atoms with E-state index in [1.54, 1.807) is 22.3 Å². The minimum absolute atomic E-state index is 0.129. The minimum atomic E-state index is 0.129. The molecule has 33 heavy (non-hydrogen) atoms. The molecule has 0 bridgehead atoms. The van der Waals surface area contributed by atoms with E-state index in [9.17, 15) is 0 Å². The van der Waals surface area contributed by atoms with Gasteiger partial charge < -0.3 is 15.0 Å². The zero-order valence-electron chi connectivity index (χ0n) is 18.4. The van der Waals surface area contributed by atoms with E-state index in [0.717, 1.165) is 69.0 Å². The molecule has 166 valence electrons. The van der Waals surface area contributed by atoms with Gasteiger partial charge in [-0.05, 0) is 49.4 Å². The number of anilines is 2. The van der Waals surface area contributed by atoms with Gasteiger partial charge in [0.05, 0.1) is 32.8 Å². The second-order valence-electron chi connectivity index (χ2n) is 8.44. The van der Waals surface area contributed by atoms with Gasteiger partial charge in [0, 0.05) is 37.6 Å². The molecule has 2 aromatic carbocycles. The summed E-state index contributed by atoms with van der Waals surface area (Å²) in [5.74, 6) is 1.51. The fourth-order valence-corrected chi connectivity index (χ4v) is 5.03. The van der Waals surface area contributed by atoms with Gasteiger partial charge in [0.25, 0.3) is 0 Å². The Morgan fingerprint density at radius 3 is 2.82 bits per heavy atom. The number of likely N-dealkylation sites (tertiary alicyclic amines) is 1. The van der Waals surface area contributed by atoms with Crippen LogP contribution in [0.3, 0.4) is 0 Å². The number of likely N-dealkylation sites (N-methyl/N-ethyl adjacent to an activating group) is 1. The van der Waals surface area contributed by atoms with Gasteiger partial charge in [-0.25, -0.2) is 15.0 Å². The summed E-state index contributed by atoms with van der Waals surface area (Å²) in [6.07, 6.45) is 6.57. The van der Waals surface area contributed by atoms with Gasteiger partial charge in [-0.15, -0.1) is 11.3 Å². The molecule has 1 saturated heterocycles. The van der Waals surface area contributed by atoms with Crippen LogP contribution in [-0.4, -0.2) is 55.9 Å². The molecule has 1 aliphatic heterocycles. The fourth-order valence-electron chi connectivity index (χ4n) is 4.32. The molecule has 0 radical (unpaired) electrons. The third kappa shape index (κ3) is 3.90. The van der Waals surface area contributed by atoms with Crippen LogP contribution in [0.4, 0.5) is 11.5 Å². The standard InChI is InChI=1S/C24H23N7OS/c1-30-6-5-18(12-30)32-21-8-15(16-10-28-31(2)11-16)7-20-23(21)24(26-13-25-20)29-17-3-4-19-22(9-17)33-14-27-19/h3-4,7-11,13-14,18H,5-6,12H2,1-2H3,(H,25,26,29). The first-order chi connectivity index (χ1) is 16.1. The maximum atomic E-state index is 6.57. The number of hydrogen-bond acceptors (Lipinski definition) is 8. The maximum absolute atomic E-state index is 6.57. The molecule has 4 heterocycles. The first kappa shape index (κ1) is 20.1. The zero-order chi connectivity index (χ0) is 22.4. The summed E-state index contributed by atoms with van der Waals surface area (Å²) in [6, 6.07) is 10.3. The number of fused-ring (bicyclic) bond motifs is 2. The Balaban J connectivity index is 1.46. The molecule has 9 heteroatoms. The monoisotopic (exact) mass is 457 g/mol. The topological polar surface area (TPSA) is 81.0 Å². The number of ether oxygens (including phenoxy) is 1. The van der Waals surface area contributed by atoms with Crippen LogP contribution in [0.1, 0.15) is 6.42 Å². The van der Waals surface area contributed by atoms with Crippen molar-refractivity contribution in [3.05, 3.63) is 54.6 Å². The number of hydrogen-bond donors (Lipinski definition) is 1. The van der Waals surface area contributed by atoms with Gasteiger partial charge in [0.1, 0.15) is 24.0 Å². The molecule has 6 rings (SSSR count). The summed E-state index contributed by atoms with van der Waals surface area (Å²) in [5, 5.41) is 8.70. The van der Waals surface area contributed by atoms with Crippen molar-refractivity contribution in [3.63, 3.8) is 0 Å². The van der Waals surface area contributed by atoms with Crippen molar-refractivity contribution in [1.29, 1.82) is 0 Å². The van der Waals surface area contributed by atoms with E-state index in [4.69, 9.17) is 4.74 Å². The first-order valence-electron chi connectivity index (χ1n) is 10.9. The molecule has 1 N–H and O–H groups in total. The molecule has 0 spiro atoms. The lowest BCUT2D eigenvalue weighted by Gasteiger charge is -2.18. The number of thiazole rings is 1. The van der Waals surface area contributed by atoms with E-state index in [1.165, 1.54) is 0 Å². The average Bonchev–Trinajstić information content (AvgIpc) is 3.55. The maximum Gasteiger partial charge on any atom is 0.145 e. The van der Waals surface area contributed by atoms with Crippen molar-refractivity contribution in [2.24, 2.45) is 7.05 Å². The Morgan fingerprint density at radius 2 is 2.00 bits per heavy atom. The van der Waals surface area contributed by atoms with Crippen molar-refractivity contribution < 1.29 is 4.74 Å². The van der Waals surface area contributed by atoms with E-state index >= 15 is 0 Å². The molecule has 1 fully saturated rings. The highest BCUT2D eigenvalue weighted by atomic mass is 32.1. The van der Waals surface area contributed by atoms with Crippen molar-refractivity contribution >= 4 is 44.0 Å². The molecule has 0 aliphatic carbocycles. The van der Waals surface area contributed by atoms with E-state index in [0.29, 0.717) is 0 Å². The summed E-state index contributed by atoms with van der Waals surface area (Å²) in [5.41, 5.74) is 6.68. The van der Waals surface area contributed by atoms with Gasteiger partial charge >= 0.3 is 0 Å². The molecule has 5 aromatic rings. The quantitative estimate of drug-likeness (QED) is 0.417. The second kappa shape index (κ2) is 8.09. The Morgan fingerprint density at radius 1 is 1.06 bits per heavy atom. The average molecular weight is 458 g/mol. The molecule has 1 aliphatic rings. The van der Waals surface area contributed by atoms with Gasteiger partial charge in [-0.3, -0.25) is 4.68 Å². The number of nitrogens with one attached hydrogen (secondary N) is 1. The van der Waals surface area contributed by atoms with Gasteiger partial charge in [0.15, 0.2) is 0 Å². The van der Waals surface area contributed by atoms with Crippen LogP contribution in [0.5, 0.6) is 5.75 Å². The van der Waals surface area contributed by atoms with Crippen LogP contribution >= 0.6 is 11.3 Å². The molecule has 0 saturated carbocycles. The van der Waals surface area contributed by atoms with Gasteiger partial charge in [0.2, 0.25) is 0 Å². The first-order valence-corrected chi connectivity index (χ1v) is 11.7. The summed E-state index contributed by atoms with van der Waals surface area (Å²) in [7, 11) is 4.04. The third-order valence-corrected chi connectivity index (χ3v) is 6.77. The lowest BCUT2D eigenvalue weighted by molar-refractivity contribution is 0.211. The molecule has 0 amide bonds. The normalized spacial score (nSPS) is 16.6. The lowest BCUT2D eigenvalue weighted by atomic mass is 10.1. The van der Waals surface area contributed by atoms with Crippen LogP contribution in [0.15, 0.2) is 54.6 Å². The number of rotatable bonds is 5. The Bertz CT molecular complexity index is 1460. The van der Waals surface area contributed by atoms with Crippen LogP contribution in [0, 0.1) is 0 Å². The molecule has 1 unspecified atom stereocenters. The van der Waals surface area contributed by atoms with Crippen molar-refractivity contribution in [3.8, 4) is 16.9 Å². The van der Waals surface area contributed by atoms with Crippen LogP contribution in [0.2, 0.25) is 0 Å². The largest absolute Gasteiger partial charge is 0.488 e. The Labute approximate surface area is 194 Å². The highest BCUT2D eigenvalue weighted by molar-refractivity contribution is 7.16.